The molecule has 0 aromatic heterocycles. The quantitative estimate of drug-likeness (QED) is 0.602. The van der Waals surface area contributed by atoms with Crippen LogP contribution in [0.15, 0.2) is 35.6 Å². The van der Waals surface area contributed by atoms with Gasteiger partial charge in [-0.2, -0.15) is 0 Å². The largest absolute Gasteiger partial charge is 0.116 e. The highest BCUT2D eigenvalue weighted by molar-refractivity contribution is 8.19. The van der Waals surface area contributed by atoms with Crippen LogP contribution in [0.1, 0.15) is 0 Å². The Balaban J connectivity index is 2.36. The summed E-state index contributed by atoms with van der Waals surface area (Å²) in [4.78, 5) is 0. The molecule has 1 unspecified atom stereocenters. The maximum absolute atomic E-state index is 3.65. The Kier molecular flexibility index (Phi) is 3.01. The molecule has 0 aromatic rings. The van der Waals surface area contributed by atoms with Gasteiger partial charge in [-0.25, -0.2) is 0 Å². The second kappa shape index (κ2) is 3.85. The summed E-state index contributed by atoms with van der Waals surface area (Å²) in [6.07, 6.45) is 6.28. The zero-order valence-corrected chi connectivity index (χ0v) is 6.62. The molecule has 0 saturated heterocycles. The molecular weight excluding hydrogens is 148 g/mol. The molecule has 0 nitrogen and oxygen atoms in total. The minimum atomic E-state index is 0.549. The van der Waals surface area contributed by atoms with Gasteiger partial charge in [0, 0.05) is 0 Å². The van der Waals surface area contributed by atoms with Crippen molar-refractivity contribution < 1.29 is 0 Å². The smallest absolute Gasteiger partial charge is 0.0767 e. The lowest BCUT2D eigenvalue weighted by Gasteiger charge is -2.07. The molecule has 9 heavy (non-hydrogen) atoms. The summed E-state index contributed by atoms with van der Waals surface area (Å²) >= 11 is 3.55. The lowest BCUT2D eigenvalue weighted by Crippen LogP contribution is -1.88. The van der Waals surface area contributed by atoms with Gasteiger partial charge in [-0.3, -0.25) is 0 Å². The zero-order chi connectivity index (χ0) is 6.53. The van der Waals surface area contributed by atoms with Gasteiger partial charge >= 0.3 is 0 Å². The minimum absolute atomic E-state index is 0.549. The molecule has 48 valence electrons. The molecule has 0 fully saturated rings. The average Bonchev–Trinajstić information content (AvgIpc) is 1.91. The van der Waals surface area contributed by atoms with Crippen molar-refractivity contribution in [1.29, 1.82) is 0 Å². The third-order valence-corrected chi connectivity index (χ3v) is 2.93. The van der Waals surface area contributed by atoms with Crippen LogP contribution >= 0.6 is 23.5 Å². The van der Waals surface area contributed by atoms with Gasteiger partial charge in [0.2, 0.25) is 0 Å². The van der Waals surface area contributed by atoms with Crippen LogP contribution in [0.25, 0.3) is 0 Å². The number of thioether (sulfide) groups is 2. The minimum Gasteiger partial charge on any atom is -0.116 e. The second-order valence-electron chi connectivity index (χ2n) is 1.52. The molecule has 0 radical (unpaired) electrons. The summed E-state index contributed by atoms with van der Waals surface area (Å²) in [5.74, 6) is 0. The monoisotopic (exact) mass is 156 g/mol. The van der Waals surface area contributed by atoms with Crippen LogP contribution in [0.3, 0.4) is 0 Å². The van der Waals surface area contributed by atoms with Crippen molar-refractivity contribution in [2.75, 3.05) is 0 Å². The van der Waals surface area contributed by atoms with Gasteiger partial charge in [0.05, 0.1) is 4.58 Å². The van der Waals surface area contributed by atoms with Crippen LogP contribution < -0.4 is 0 Å². The van der Waals surface area contributed by atoms with Crippen molar-refractivity contribution in [3.05, 3.63) is 35.6 Å². The van der Waals surface area contributed by atoms with Crippen LogP contribution in [-0.4, -0.2) is 4.58 Å². The first kappa shape index (κ1) is 7.03. The van der Waals surface area contributed by atoms with E-state index in [2.05, 4.69) is 24.1 Å². The van der Waals surface area contributed by atoms with E-state index in [4.69, 9.17) is 0 Å². The van der Waals surface area contributed by atoms with E-state index < -0.39 is 0 Å². The number of hydrogen-bond acceptors (Lipinski definition) is 2. The molecule has 0 saturated carbocycles. The maximum Gasteiger partial charge on any atom is 0.0767 e. The molecule has 0 aliphatic carbocycles. The topological polar surface area (TPSA) is 0 Å². The standard InChI is InChI=1S/C7H8S2/c1-2-8-7-5-3-4-6-9-7/h2-7H,1H2. The number of rotatable bonds is 2. The van der Waals surface area contributed by atoms with E-state index in [9.17, 15) is 0 Å². The highest BCUT2D eigenvalue weighted by atomic mass is 32.2. The molecule has 1 rings (SSSR count). The van der Waals surface area contributed by atoms with Gasteiger partial charge in [0.1, 0.15) is 0 Å². The predicted molar refractivity (Wildman–Crippen MR) is 47.4 cm³/mol. The molecule has 0 bridgehead atoms. The summed E-state index contributed by atoms with van der Waals surface area (Å²) < 4.78 is 0.549. The third kappa shape index (κ3) is 2.33. The summed E-state index contributed by atoms with van der Waals surface area (Å²) in [5.41, 5.74) is 0. The first-order valence-electron chi connectivity index (χ1n) is 2.68. The molecule has 0 spiro atoms. The van der Waals surface area contributed by atoms with E-state index in [0.717, 1.165) is 0 Å². The third-order valence-electron chi connectivity index (χ3n) is 0.901. The number of hydrogen-bond donors (Lipinski definition) is 0. The van der Waals surface area contributed by atoms with Gasteiger partial charge in [0.25, 0.3) is 0 Å². The first-order valence-corrected chi connectivity index (χ1v) is 4.57. The fourth-order valence-corrected chi connectivity index (χ4v) is 2.11. The van der Waals surface area contributed by atoms with Gasteiger partial charge in [-0.05, 0) is 10.8 Å². The molecule has 0 amide bonds. The van der Waals surface area contributed by atoms with E-state index in [1.54, 1.807) is 11.8 Å². The maximum atomic E-state index is 3.65. The molecule has 1 heterocycles. The van der Waals surface area contributed by atoms with Crippen molar-refractivity contribution in [3.8, 4) is 0 Å². The molecule has 0 aromatic carbocycles. The van der Waals surface area contributed by atoms with Crippen molar-refractivity contribution >= 4 is 23.5 Å². The van der Waals surface area contributed by atoms with Crippen LogP contribution in [-0.2, 0) is 0 Å². The number of allylic oxidation sites excluding steroid dienone is 2. The summed E-state index contributed by atoms with van der Waals surface area (Å²) in [7, 11) is 0. The molecule has 1 aliphatic rings. The van der Waals surface area contributed by atoms with Gasteiger partial charge in [-0.1, -0.05) is 24.8 Å². The Morgan fingerprint density at radius 2 is 2.44 bits per heavy atom. The highest BCUT2D eigenvalue weighted by Crippen LogP contribution is 2.28. The van der Waals surface area contributed by atoms with Crippen LogP contribution in [0.4, 0.5) is 0 Å². The van der Waals surface area contributed by atoms with Gasteiger partial charge < -0.3 is 0 Å². The Labute approximate surface area is 64.1 Å². The average molecular weight is 156 g/mol. The summed E-state index contributed by atoms with van der Waals surface area (Å²) in [5, 5.41) is 3.97. The lowest BCUT2D eigenvalue weighted by molar-refractivity contribution is 1.64. The molecule has 1 aliphatic heterocycles. The Morgan fingerprint density at radius 1 is 1.56 bits per heavy atom. The van der Waals surface area contributed by atoms with Crippen molar-refractivity contribution in [1.82, 2.24) is 0 Å². The van der Waals surface area contributed by atoms with Crippen molar-refractivity contribution in [2.24, 2.45) is 0 Å². The molecule has 0 N–H and O–H groups in total. The Bertz CT molecular complexity index is 145. The molecule has 1 atom stereocenters. The van der Waals surface area contributed by atoms with Gasteiger partial charge in [-0.15, -0.1) is 23.5 Å². The zero-order valence-electron chi connectivity index (χ0n) is 4.99. The van der Waals surface area contributed by atoms with Gasteiger partial charge in [0.15, 0.2) is 0 Å². The van der Waals surface area contributed by atoms with Crippen LogP contribution in [0.2, 0.25) is 0 Å². The van der Waals surface area contributed by atoms with E-state index >= 15 is 0 Å². The predicted octanol–water partition coefficient (Wildman–Crippen LogP) is 3.01. The molecule has 2 heteroatoms. The molecular formula is C7H8S2. The summed E-state index contributed by atoms with van der Waals surface area (Å²) in [6, 6.07) is 0. The highest BCUT2D eigenvalue weighted by Gasteiger charge is 2.01. The fraction of sp³-hybridized carbons (Fsp3) is 0.143. The van der Waals surface area contributed by atoms with Crippen LogP contribution in [0, 0.1) is 0 Å². The Hall–Kier alpha value is -0.0800. The lowest BCUT2D eigenvalue weighted by atomic mass is 10.5. The van der Waals surface area contributed by atoms with E-state index in [0.29, 0.717) is 4.58 Å². The first-order chi connectivity index (χ1) is 4.43. The van der Waals surface area contributed by atoms with E-state index in [1.165, 1.54) is 0 Å². The van der Waals surface area contributed by atoms with Crippen molar-refractivity contribution in [3.63, 3.8) is 0 Å². The Morgan fingerprint density at radius 3 is 3.00 bits per heavy atom. The summed E-state index contributed by atoms with van der Waals surface area (Å²) in [6.45, 7) is 3.65. The van der Waals surface area contributed by atoms with E-state index in [-0.39, 0.29) is 0 Å². The second-order valence-corrected chi connectivity index (χ2v) is 3.98. The van der Waals surface area contributed by atoms with Crippen LogP contribution in [0.5, 0.6) is 0 Å². The SMILES string of the molecule is C=CSC1C=CC=CS1. The normalized spacial score (nSPS) is 24.2. The van der Waals surface area contributed by atoms with Crippen molar-refractivity contribution in [2.45, 2.75) is 4.58 Å². The fourth-order valence-electron chi connectivity index (χ4n) is 0.541. The van der Waals surface area contributed by atoms with E-state index in [1.807, 2.05) is 23.2 Å².